The maximum atomic E-state index is 12.7. The summed E-state index contributed by atoms with van der Waals surface area (Å²) in [5.74, 6) is -2.00. The molecule has 2 nitrogen and oxygen atoms in total. The van der Waals surface area contributed by atoms with Gasteiger partial charge in [0.05, 0.1) is 5.56 Å². The number of carboxylic acid groups (broad SMARTS) is 1. The largest absolute Gasteiger partial charge is 0.478 e. The van der Waals surface area contributed by atoms with Crippen LogP contribution in [0.1, 0.15) is 15.9 Å². The fraction of sp³-hybridized carbons (Fsp3) is 0. The normalized spacial score (nSPS) is 9.42. The van der Waals surface area contributed by atoms with E-state index in [1.54, 1.807) is 0 Å². The molecule has 12 heavy (non-hydrogen) atoms. The van der Waals surface area contributed by atoms with E-state index in [9.17, 15) is 9.18 Å². The highest BCUT2D eigenvalue weighted by Gasteiger charge is 2.09. The number of hydrogen-bond donors (Lipinski definition) is 1. The van der Waals surface area contributed by atoms with Gasteiger partial charge in [0, 0.05) is 0 Å². The molecular formula is C9H7FO2. The van der Waals surface area contributed by atoms with Gasteiger partial charge < -0.3 is 5.11 Å². The molecule has 0 fully saturated rings. The molecule has 3 heteroatoms. The van der Waals surface area contributed by atoms with E-state index in [1.165, 1.54) is 18.2 Å². The highest BCUT2D eigenvalue weighted by molar-refractivity contribution is 5.88. The maximum absolute atomic E-state index is 12.7. The lowest BCUT2D eigenvalue weighted by Gasteiger charge is -1.97. The summed E-state index contributed by atoms with van der Waals surface area (Å²) in [4.78, 5) is 10.4. The third kappa shape index (κ3) is 1.50. The third-order valence-electron chi connectivity index (χ3n) is 1.46. The van der Waals surface area contributed by atoms with E-state index in [1.807, 2.05) is 0 Å². The van der Waals surface area contributed by atoms with E-state index in [0.29, 0.717) is 5.56 Å². The van der Waals surface area contributed by atoms with Crippen LogP contribution in [0.3, 0.4) is 0 Å². The van der Waals surface area contributed by atoms with Crippen LogP contribution < -0.4 is 0 Å². The van der Waals surface area contributed by atoms with Crippen LogP contribution in [0.2, 0.25) is 0 Å². The minimum atomic E-state index is -1.27. The van der Waals surface area contributed by atoms with Crippen molar-refractivity contribution in [3.05, 3.63) is 41.7 Å². The number of hydrogen-bond acceptors (Lipinski definition) is 1. The molecule has 0 radical (unpaired) electrons. The van der Waals surface area contributed by atoms with Crippen LogP contribution in [-0.4, -0.2) is 11.1 Å². The molecule has 0 aliphatic heterocycles. The first-order valence-corrected chi connectivity index (χ1v) is 3.30. The highest BCUT2D eigenvalue weighted by Crippen LogP contribution is 2.11. The second-order valence-electron chi connectivity index (χ2n) is 2.25. The molecular weight excluding hydrogens is 159 g/mol. The zero-order chi connectivity index (χ0) is 9.14. The molecule has 1 rings (SSSR count). The van der Waals surface area contributed by atoms with Crippen molar-refractivity contribution in [3.8, 4) is 0 Å². The van der Waals surface area contributed by atoms with Crippen molar-refractivity contribution in [1.82, 2.24) is 0 Å². The average molecular weight is 166 g/mol. The summed E-state index contributed by atoms with van der Waals surface area (Å²) in [6.45, 7) is 3.45. The molecule has 0 aromatic heterocycles. The van der Waals surface area contributed by atoms with Crippen LogP contribution in [0.25, 0.3) is 6.08 Å². The van der Waals surface area contributed by atoms with E-state index in [4.69, 9.17) is 5.11 Å². The van der Waals surface area contributed by atoms with Crippen LogP contribution in [0.15, 0.2) is 24.8 Å². The smallest absolute Gasteiger partial charge is 0.338 e. The van der Waals surface area contributed by atoms with Gasteiger partial charge in [-0.1, -0.05) is 18.7 Å². The van der Waals surface area contributed by atoms with Crippen LogP contribution in [0.5, 0.6) is 0 Å². The Morgan fingerprint density at radius 1 is 1.58 bits per heavy atom. The number of rotatable bonds is 2. The van der Waals surface area contributed by atoms with Crippen LogP contribution in [0.4, 0.5) is 4.39 Å². The first kappa shape index (κ1) is 8.46. The molecule has 62 valence electrons. The lowest BCUT2D eigenvalue weighted by atomic mass is 10.1. The monoisotopic (exact) mass is 166 g/mol. The van der Waals surface area contributed by atoms with Gasteiger partial charge in [-0.25, -0.2) is 9.18 Å². The van der Waals surface area contributed by atoms with Crippen molar-refractivity contribution in [2.45, 2.75) is 0 Å². The first-order chi connectivity index (χ1) is 5.65. The molecule has 0 atom stereocenters. The van der Waals surface area contributed by atoms with Gasteiger partial charge in [0.2, 0.25) is 0 Å². The van der Waals surface area contributed by atoms with Crippen LogP contribution in [0, 0.1) is 5.82 Å². The van der Waals surface area contributed by atoms with Crippen LogP contribution in [-0.2, 0) is 0 Å². The minimum absolute atomic E-state index is 0.326. The van der Waals surface area contributed by atoms with E-state index in [2.05, 4.69) is 6.58 Å². The number of aromatic carboxylic acids is 1. The summed E-state index contributed by atoms with van der Waals surface area (Å²) in [6, 6.07) is 3.82. The van der Waals surface area contributed by atoms with Gasteiger partial charge >= 0.3 is 5.97 Å². The molecule has 0 unspecified atom stereocenters. The van der Waals surface area contributed by atoms with Crippen molar-refractivity contribution >= 4 is 12.0 Å². The molecule has 0 saturated carbocycles. The third-order valence-corrected chi connectivity index (χ3v) is 1.46. The van der Waals surface area contributed by atoms with Gasteiger partial charge in [0.1, 0.15) is 5.82 Å². The van der Waals surface area contributed by atoms with Crippen molar-refractivity contribution in [3.63, 3.8) is 0 Å². The molecule has 1 aromatic rings. The van der Waals surface area contributed by atoms with Crippen LogP contribution >= 0.6 is 0 Å². The van der Waals surface area contributed by atoms with E-state index < -0.39 is 11.8 Å². The second kappa shape index (κ2) is 3.17. The molecule has 0 aliphatic carbocycles. The fourth-order valence-electron chi connectivity index (χ4n) is 0.834. The highest BCUT2D eigenvalue weighted by atomic mass is 19.1. The summed E-state index contributed by atoms with van der Waals surface area (Å²) in [7, 11) is 0. The molecule has 0 spiro atoms. The van der Waals surface area contributed by atoms with Crippen molar-refractivity contribution in [1.29, 1.82) is 0 Å². The Balaban J connectivity index is 3.25. The van der Waals surface area contributed by atoms with E-state index in [-0.39, 0.29) is 5.56 Å². The summed E-state index contributed by atoms with van der Waals surface area (Å²) in [5.41, 5.74) is 0.265. The molecule has 1 aromatic carbocycles. The Kier molecular flexibility index (Phi) is 2.24. The minimum Gasteiger partial charge on any atom is -0.478 e. The lowest BCUT2D eigenvalue weighted by Crippen LogP contribution is -2.00. The first-order valence-electron chi connectivity index (χ1n) is 3.30. The molecule has 0 heterocycles. The number of halogens is 1. The number of carboxylic acids is 1. The van der Waals surface area contributed by atoms with Crippen molar-refractivity contribution in [2.75, 3.05) is 0 Å². The van der Waals surface area contributed by atoms with Gasteiger partial charge in [0.15, 0.2) is 0 Å². The van der Waals surface area contributed by atoms with Gasteiger partial charge in [-0.05, 0) is 17.7 Å². The zero-order valence-corrected chi connectivity index (χ0v) is 6.25. The fourth-order valence-corrected chi connectivity index (χ4v) is 0.834. The Labute approximate surface area is 69.0 Å². The standard InChI is InChI=1S/C9H7FO2/c1-2-6-3-4-8(10)7(5-6)9(11)12/h2-5H,1H2,(H,11,12). The van der Waals surface area contributed by atoms with Gasteiger partial charge in [-0.15, -0.1) is 0 Å². The maximum Gasteiger partial charge on any atom is 0.338 e. The Hall–Kier alpha value is -1.64. The molecule has 0 bridgehead atoms. The summed E-state index contributed by atoms with van der Waals surface area (Å²) in [6.07, 6.45) is 1.46. The predicted octanol–water partition coefficient (Wildman–Crippen LogP) is 2.17. The van der Waals surface area contributed by atoms with E-state index >= 15 is 0 Å². The summed E-state index contributed by atoms with van der Waals surface area (Å²) in [5, 5.41) is 8.51. The zero-order valence-electron chi connectivity index (χ0n) is 6.25. The molecule has 1 N–H and O–H groups in total. The average Bonchev–Trinajstić information content (AvgIpc) is 2.05. The Morgan fingerprint density at radius 2 is 2.25 bits per heavy atom. The second-order valence-corrected chi connectivity index (χ2v) is 2.25. The van der Waals surface area contributed by atoms with E-state index in [0.717, 1.165) is 6.07 Å². The SMILES string of the molecule is C=Cc1ccc(F)c(C(=O)O)c1. The van der Waals surface area contributed by atoms with Crippen molar-refractivity contribution < 1.29 is 14.3 Å². The van der Waals surface area contributed by atoms with Gasteiger partial charge in [-0.3, -0.25) is 0 Å². The quantitative estimate of drug-likeness (QED) is 0.730. The summed E-state index contributed by atoms with van der Waals surface area (Å²) >= 11 is 0. The topological polar surface area (TPSA) is 37.3 Å². The molecule has 0 saturated heterocycles. The summed E-state index contributed by atoms with van der Waals surface area (Å²) < 4.78 is 12.7. The van der Waals surface area contributed by atoms with Gasteiger partial charge in [0.25, 0.3) is 0 Å². The Morgan fingerprint density at radius 3 is 2.75 bits per heavy atom. The molecule has 0 aliphatic rings. The van der Waals surface area contributed by atoms with Gasteiger partial charge in [-0.2, -0.15) is 0 Å². The number of carbonyl (C=O) groups is 1. The Bertz CT molecular complexity index is 331. The molecule has 0 amide bonds. The number of benzene rings is 1. The predicted molar refractivity (Wildman–Crippen MR) is 43.5 cm³/mol. The van der Waals surface area contributed by atoms with Crippen molar-refractivity contribution in [2.24, 2.45) is 0 Å². The lowest BCUT2D eigenvalue weighted by molar-refractivity contribution is 0.0692.